The summed E-state index contributed by atoms with van der Waals surface area (Å²) in [5.41, 5.74) is 2.42. The molecule has 1 N–H and O–H groups in total. The second-order valence-corrected chi connectivity index (χ2v) is 8.01. The second kappa shape index (κ2) is 6.93. The first-order valence-electron chi connectivity index (χ1n) is 8.02. The highest BCUT2D eigenvalue weighted by molar-refractivity contribution is 7.86. The first-order chi connectivity index (χ1) is 12.2. The van der Waals surface area contributed by atoms with Crippen molar-refractivity contribution in [2.45, 2.75) is 6.54 Å². The molecule has 0 saturated heterocycles. The third-order valence-corrected chi connectivity index (χ3v) is 4.37. The maximum atomic E-state index is 12.2. The van der Waals surface area contributed by atoms with Crippen LogP contribution in [0.4, 0.5) is 0 Å². The summed E-state index contributed by atoms with van der Waals surface area (Å²) in [6.07, 6.45) is 2.56. The molecule has 3 aromatic rings. The fourth-order valence-corrected chi connectivity index (χ4v) is 3.37. The molecule has 0 spiro atoms. The summed E-state index contributed by atoms with van der Waals surface area (Å²) in [5.74, 6) is 0.142. The molecule has 0 amide bonds. The Morgan fingerprint density at radius 2 is 1.77 bits per heavy atom. The van der Waals surface area contributed by atoms with Crippen LogP contribution in [0.25, 0.3) is 21.9 Å². The van der Waals surface area contributed by atoms with Crippen LogP contribution in [-0.2, 0) is 16.7 Å². The zero-order chi connectivity index (χ0) is 18.9. The topological polar surface area (TPSA) is 79.5 Å². The van der Waals surface area contributed by atoms with Crippen LogP contribution >= 0.6 is 0 Å². The van der Waals surface area contributed by atoms with Crippen molar-refractivity contribution in [1.82, 2.24) is 9.88 Å². The van der Waals surface area contributed by atoms with Gasteiger partial charge in [-0.2, -0.15) is 8.42 Å². The number of aromatic nitrogens is 1. The summed E-state index contributed by atoms with van der Waals surface area (Å²) < 4.78 is 28.3. The Morgan fingerprint density at radius 3 is 2.38 bits per heavy atom. The van der Waals surface area contributed by atoms with E-state index in [0.717, 1.165) is 23.9 Å². The summed E-state index contributed by atoms with van der Waals surface area (Å²) in [5, 5.41) is 0.850. The number of fused-ring (bicyclic) bond motifs is 1. The van der Waals surface area contributed by atoms with Gasteiger partial charge >= 0.3 is 10.1 Å². The maximum Gasteiger partial charge on any atom is 0.306 e. The van der Waals surface area contributed by atoms with E-state index in [2.05, 4.69) is 9.88 Å². The number of hydrogen-bond acceptors (Lipinski definition) is 5. The Balaban J connectivity index is 2.20. The minimum absolute atomic E-state index is 0.142. The molecule has 1 aromatic heterocycles. The molecule has 1 heterocycles. The van der Waals surface area contributed by atoms with Crippen LogP contribution in [0.15, 0.2) is 53.5 Å². The van der Waals surface area contributed by atoms with Crippen LogP contribution in [0.3, 0.4) is 0 Å². The molecule has 2 aromatic carbocycles. The lowest BCUT2D eigenvalue weighted by atomic mass is 9.99. The molecule has 7 heteroatoms. The number of aromatic amines is 1. The first kappa shape index (κ1) is 18.2. The van der Waals surface area contributed by atoms with Crippen LogP contribution in [-0.4, -0.2) is 38.7 Å². The van der Waals surface area contributed by atoms with E-state index in [9.17, 15) is 13.2 Å². The van der Waals surface area contributed by atoms with Crippen LogP contribution in [0, 0.1) is 0 Å². The number of rotatable bonds is 5. The molecular formula is C19H20N2O4S. The van der Waals surface area contributed by atoms with Crippen LogP contribution in [0.5, 0.6) is 5.75 Å². The highest BCUT2D eigenvalue weighted by Gasteiger charge is 2.15. The van der Waals surface area contributed by atoms with E-state index in [1.807, 2.05) is 38.4 Å². The lowest BCUT2D eigenvalue weighted by Crippen LogP contribution is -2.11. The summed E-state index contributed by atoms with van der Waals surface area (Å²) in [6.45, 7) is 0.815. The van der Waals surface area contributed by atoms with Crippen molar-refractivity contribution in [2.75, 3.05) is 20.4 Å². The molecule has 26 heavy (non-hydrogen) atoms. The Morgan fingerprint density at radius 1 is 1.08 bits per heavy atom. The van der Waals surface area contributed by atoms with Crippen molar-refractivity contribution in [2.24, 2.45) is 0 Å². The van der Waals surface area contributed by atoms with Gasteiger partial charge in [0.15, 0.2) is 5.75 Å². The van der Waals surface area contributed by atoms with Crippen LogP contribution in [0.2, 0.25) is 0 Å². The fourth-order valence-electron chi connectivity index (χ4n) is 2.90. The molecule has 0 atom stereocenters. The summed E-state index contributed by atoms with van der Waals surface area (Å²) in [6, 6.07) is 12.7. The minimum atomic E-state index is -3.72. The molecule has 3 rings (SSSR count). The Labute approximate surface area is 152 Å². The number of pyridine rings is 1. The molecule has 0 radical (unpaired) electrons. The second-order valence-electron chi connectivity index (χ2n) is 6.43. The first-order valence-corrected chi connectivity index (χ1v) is 9.84. The van der Waals surface area contributed by atoms with Gasteiger partial charge < -0.3 is 14.1 Å². The van der Waals surface area contributed by atoms with E-state index in [4.69, 9.17) is 4.18 Å². The Hall–Kier alpha value is -2.64. The van der Waals surface area contributed by atoms with Gasteiger partial charge in [0.05, 0.1) is 11.6 Å². The zero-order valence-corrected chi connectivity index (χ0v) is 15.6. The predicted molar refractivity (Wildman–Crippen MR) is 103 cm³/mol. The molecule has 6 nitrogen and oxygen atoms in total. The minimum Gasteiger partial charge on any atom is -0.382 e. The lowest BCUT2D eigenvalue weighted by molar-refractivity contribution is 0.402. The third kappa shape index (κ3) is 3.95. The standard InChI is InChI=1S/C19H20N2O4S/c1-21(2)12-13-7-9-14(10-8-13)16-11-20-19(22)15-5-4-6-17(18(15)16)25-26(3,23)24/h4-11H,12H2,1-3H3,(H,20,22). The predicted octanol–water partition coefficient (Wildman–Crippen LogP) is 2.60. The van der Waals surface area contributed by atoms with Crippen molar-refractivity contribution < 1.29 is 12.6 Å². The average Bonchev–Trinajstić information content (AvgIpc) is 2.55. The third-order valence-electron chi connectivity index (χ3n) is 3.89. The average molecular weight is 372 g/mol. The van der Waals surface area contributed by atoms with Gasteiger partial charge in [-0.3, -0.25) is 4.79 Å². The molecule has 0 unspecified atom stereocenters. The van der Waals surface area contributed by atoms with Crippen LogP contribution in [0.1, 0.15) is 5.56 Å². The van der Waals surface area contributed by atoms with Gasteiger partial charge in [-0.05, 0) is 37.4 Å². The van der Waals surface area contributed by atoms with E-state index >= 15 is 0 Å². The summed E-state index contributed by atoms with van der Waals surface area (Å²) in [4.78, 5) is 17.0. The van der Waals surface area contributed by atoms with Gasteiger partial charge in [-0.15, -0.1) is 0 Å². The quantitative estimate of drug-likeness (QED) is 0.697. The normalized spacial score (nSPS) is 11.8. The van der Waals surface area contributed by atoms with Gasteiger partial charge in [-0.25, -0.2) is 0 Å². The van der Waals surface area contributed by atoms with Gasteiger partial charge in [-0.1, -0.05) is 30.3 Å². The Bertz CT molecular complexity index is 1100. The number of hydrogen-bond donors (Lipinski definition) is 1. The maximum absolute atomic E-state index is 12.2. The Kier molecular flexibility index (Phi) is 4.84. The van der Waals surface area contributed by atoms with Gasteiger partial charge in [0.1, 0.15) is 0 Å². The number of H-pyrrole nitrogens is 1. The molecule has 0 aliphatic carbocycles. The van der Waals surface area contributed by atoms with Gasteiger partial charge in [0.25, 0.3) is 5.56 Å². The van der Waals surface area contributed by atoms with Crippen molar-refractivity contribution >= 4 is 20.9 Å². The molecule has 0 fully saturated rings. The summed E-state index contributed by atoms with van der Waals surface area (Å²) >= 11 is 0. The van der Waals surface area contributed by atoms with Crippen LogP contribution < -0.4 is 9.74 Å². The van der Waals surface area contributed by atoms with Crippen molar-refractivity contribution in [3.8, 4) is 16.9 Å². The van der Waals surface area contributed by atoms with E-state index in [1.54, 1.807) is 24.4 Å². The van der Waals surface area contributed by atoms with E-state index in [-0.39, 0.29) is 11.3 Å². The smallest absolute Gasteiger partial charge is 0.306 e. The molecular weight excluding hydrogens is 352 g/mol. The molecule has 0 saturated carbocycles. The largest absolute Gasteiger partial charge is 0.382 e. The van der Waals surface area contributed by atoms with Crippen molar-refractivity contribution in [3.05, 3.63) is 64.6 Å². The number of nitrogens with zero attached hydrogens (tertiary/aromatic N) is 1. The van der Waals surface area contributed by atoms with E-state index in [1.165, 1.54) is 0 Å². The number of benzene rings is 2. The molecule has 0 bridgehead atoms. The molecule has 0 aliphatic heterocycles. The highest BCUT2D eigenvalue weighted by Crippen LogP contribution is 2.34. The zero-order valence-electron chi connectivity index (χ0n) is 14.8. The van der Waals surface area contributed by atoms with Crippen molar-refractivity contribution in [1.29, 1.82) is 0 Å². The summed E-state index contributed by atoms with van der Waals surface area (Å²) in [7, 11) is 0.278. The monoisotopic (exact) mass is 372 g/mol. The van der Waals surface area contributed by atoms with Gasteiger partial charge in [0.2, 0.25) is 0 Å². The van der Waals surface area contributed by atoms with E-state index < -0.39 is 10.1 Å². The molecule has 0 aliphatic rings. The van der Waals surface area contributed by atoms with E-state index in [0.29, 0.717) is 16.3 Å². The SMILES string of the molecule is CN(C)Cc1ccc(-c2c[nH]c(=O)c3cccc(OS(C)(=O)=O)c23)cc1. The number of nitrogens with one attached hydrogen (secondary N) is 1. The van der Waals surface area contributed by atoms with Crippen molar-refractivity contribution in [3.63, 3.8) is 0 Å². The fraction of sp³-hybridized carbons (Fsp3) is 0.211. The lowest BCUT2D eigenvalue weighted by Gasteiger charge is -2.13. The van der Waals surface area contributed by atoms with Gasteiger partial charge in [0, 0.05) is 23.7 Å². The highest BCUT2D eigenvalue weighted by atomic mass is 32.2. The molecule has 136 valence electrons.